The van der Waals surface area contributed by atoms with Crippen LogP contribution in [0.3, 0.4) is 0 Å². The van der Waals surface area contributed by atoms with Gasteiger partial charge >= 0.3 is 0 Å². The van der Waals surface area contributed by atoms with Gasteiger partial charge in [0.25, 0.3) is 0 Å². The van der Waals surface area contributed by atoms with Gasteiger partial charge in [0.15, 0.2) is 0 Å². The maximum atomic E-state index is 5.35. The fraction of sp³-hybridized carbons (Fsp3) is 0.231. The van der Waals surface area contributed by atoms with E-state index < -0.39 is 0 Å². The largest absolute Gasteiger partial charge is 0.366 e. The van der Waals surface area contributed by atoms with Crippen molar-refractivity contribution in [2.45, 2.75) is 20.4 Å². The molecule has 4 N–H and O–H groups in total. The topological polar surface area (TPSA) is 75.9 Å². The van der Waals surface area contributed by atoms with E-state index >= 15 is 0 Å². The third-order valence-corrected chi connectivity index (χ3v) is 2.54. The van der Waals surface area contributed by atoms with E-state index in [9.17, 15) is 0 Å². The third-order valence-electron chi connectivity index (χ3n) is 2.54. The molecule has 1 heterocycles. The Kier molecular flexibility index (Phi) is 3.74. The number of hydrazine groups is 1. The smallest absolute Gasteiger partial charge is 0.145 e. The average molecular weight is 243 g/mol. The van der Waals surface area contributed by atoms with Crippen LogP contribution in [0.1, 0.15) is 17.0 Å². The summed E-state index contributed by atoms with van der Waals surface area (Å²) in [7, 11) is 0. The lowest BCUT2D eigenvalue weighted by molar-refractivity contribution is 1.02. The second-order valence-electron chi connectivity index (χ2n) is 4.17. The number of aromatic nitrogens is 2. The van der Waals surface area contributed by atoms with Crippen molar-refractivity contribution in [3.05, 3.63) is 47.3 Å². The van der Waals surface area contributed by atoms with Gasteiger partial charge in [-0.3, -0.25) is 0 Å². The molecule has 0 aliphatic rings. The van der Waals surface area contributed by atoms with Gasteiger partial charge in [-0.2, -0.15) is 0 Å². The maximum absolute atomic E-state index is 5.35. The number of nitrogen functional groups attached to an aromatic ring is 1. The first-order chi connectivity index (χ1) is 8.67. The minimum Gasteiger partial charge on any atom is -0.366 e. The number of nitrogens with two attached hydrogens (primary N) is 1. The summed E-state index contributed by atoms with van der Waals surface area (Å²) in [5.41, 5.74) is 4.99. The van der Waals surface area contributed by atoms with Crippen molar-refractivity contribution in [1.29, 1.82) is 0 Å². The fourth-order valence-corrected chi connectivity index (χ4v) is 1.75. The first kappa shape index (κ1) is 12.3. The minimum atomic E-state index is 0.606. The van der Waals surface area contributed by atoms with Crippen molar-refractivity contribution in [2.75, 3.05) is 10.7 Å². The van der Waals surface area contributed by atoms with Crippen LogP contribution in [-0.2, 0) is 6.54 Å². The van der Waals surface area contributed by atoms with Crippen molar-refractivity contribution in [3.63, 3.8) is 0 Å². The molecule has 2 aromatic rings. The molecule has 0 spiro atoms. The molecule has 1 aromatic heterocycles. The molecule has 0 unspecified atom stereocenters. The van der Waals surface area contributed by atoms with Crippen LogP contribution in [0.4, 0.5) is 11.6 Å². The highest BCUT2D eigenvalue weighted by molar-refractivity contribution is 5.47. The number of hydrogen-bond acceptors (Lipinski definition) is 5. The number of aryl methyl sites for hydroxylation is 2. The van der Waals surface area contributed by atoms with Crippen LogP contribution in [0.25, 0.3) is 0 Å². The predicted octanol–water partition coefficient (Wildman–Crippen LogP) is 1.99. The number of nitrogens with one attached hydrogen (secondary N) is 2. The van der Waals surface area contributed by atoms with Crippen molar-refractivity contribution in [1.82, 2.24) is 9.97 Å². The van der Waals surface area contributed by atoms with E-state index in [-0.39, 0.29) is 0 Å². The lowest BCUT2D eigenvalue weighted by Gasteiger charge is -2.08. The van der Waals surface area contributed by atoms with Gasteiger partial charge in [-0.1, -0.05) is 29.8 Å². The normalized spacial score (nSPS) is 10.2. The second kappa shape index (κ2) is 5.46. The Balaban J connectivity index is 2.08. The second-order valence-corrected chi connectivity index (χ2v) is 4.17. The first-order valence-electron chi connectivity index (χ1n) is 5.79. The van der Waals surface area contributed by atoms with Gasteiger partial charge in [-0.25, -0.2) is 15.8 Å². The molecule has 0 saturated carbocycles. The molecule has 94 valence electrons. The fourth-order valence-electron chi connectivity index (χ4n) is 1.75. The number of benzene rings is 1. The van der Waals surface area contributed by atoms with Crippen LogP contribution >= 0.6 is 0 Å². The number of anilines is 2. The van der Waals surface area contributed by atoms with Crippen molar-refractivity contribution < 1.29 is 0 Å². The minimum absolute atomic E-state index is 0.606. The van der Waals surface area contributed by atoms with Gasteiger partial charge in [0.1, 0.15) is 17.5 Å². The SMILES string of the molecule is Cc1cccc(CNc2cc(NN)nc(C)n2)c1. The Morgan fingerprint density at radius 1 is 1.11 bits per heavy atom. The van der Waals surface area contributed by atoms with Crippen molar-refractivity contribution in [3.8, 4) is 0 Å². The molecule has 0 radical (unpaired) electrons. The third kappa shape index (κ3) is 3.18. The van der Waals surface area contributed by atoms with Gasteiger partial charge in [0.05, 0.1) is 0 Å². The van der Waals surface area contributed by atoms with E-state index in [1.54, 1.807) is 6.07 Å². The Morgan fingerprint density at radius 3 is 2.61 bits per heavy atom. The molecular formula is C13H17N5. The molecular weight excluding hydrogens is 226 g/mol. The monoisotopic (exact) mass is 243 g/mol. The Hall–Kier alpha value is -2.14. The molecule has 0 amide bonds. The quantitative estimate of drug-likeness (QED) is 0.565. The highest BCUT2D eigenvalue weighted by atomic mass is 15.3. The van der Waals surface area contributed by atoms with Crippen molar-refractivity contribution in [2.24, 2.45) is 5.84 Å². The average Bonchev–Trinajstić information content (AvgIpc) is 2.36. The summed E-state index contributed by atoms with van der Waals surface area (Å²) >= 11 is 0. The molecule has 18 heavy (non-hydrogen) atoms. The molecule has 1 aromatic carbocycles. The maximum Gasteiger partial charge on any atom is 0.145 e. The summed E-state index contributed by atoms with van der Waals surface area (Å²) in [4.78, 5) is 8.44. The summed E-state index contributed by atoms with van der Waals surface area (Å²) in [5, 5.41) is 3.26. The molecule has 5 heteroatoms. The van der Waals surface area contributed by atoms with E-state index in [0.29, 0.717) is 11.6 Å². The summed E-state index contributed by atoms with van der Waals surface area (Å²) in [5.74, 6) is 7.39. The van der Waals surface area contributed by atoms with E-state index in [1.807, 2.05) is 13.0 Å². The predicted molar refractivity (Wildman–Crippen MR) is 73.1 cm³/mol. The highest BCUT2D eigenvalue weighted by Gasteiger charge is 2.00. The van der Waals surface area contributed by atoms with E-state index in [4.69, 9.17) is 5.84 Å². The molecule has 0 fully saturated rings. The van der Waals surface area contributed by atoms with E-state index in [1.165, 1.54) is 11.1 Å². The van der Waals surface area contributed by atoms with Gasteiger partial charge in [-0.15, -0.1) is 0 Å². The summed E-state index contributed by atoms with van der Waals surface area (Å²) in [6.07, 6.45) is 0. The van der Waals surface area contributed by atoms with E-state index in [2.05, 4.69) is 45.8 Å². The van der Waals surface area contributed by atoms with Crippen LogP contribution in [-0.4, -0.2) is 9.97 Å². The summed E-state index contributed by atoms with van der Waals surface area (Å²) in [6.45, 7) is 4.63. The number of rotatable bonds is 4. The molecule has 0 saturated heterocycles. The number of hydrogen-bond donors (Lipinski definition) is 3. The zero-order chi connectivity index (χ0) is 13.0. The van der Waals surface area contributed by atoms with Crippen LogP contribution in [0.2, 0.25) is 0 Å². The standard InChI is InChI=1S/C13H17N5/c1-9-4-3-5-11(6-9)8-15-12-7-13(18-14)17-10(2)16-12/h3-7H,8,14H2,1-2H3,(H2,15,16,17,18). The van der Waals surface area contributed by atoms with Crippen LogP contribution in [0.5, 0.6) is 0 Å². The molecule has 0 bridgehead atoms. The lowest BCUT2D eigenvalue weighted by atomic mass is 10.1. The van der Waals surface area contributed by atoms with Gasteiger partial charge in [-0.05, 0) is 19.4 Å². The van der Waals surface area contributed by atoms with Crippen LogP contribution in [0, 0.1) is 13.8 Å². The molecule has 0 aliphatic heterocycles. The van der Waals surface area contributed by atoms with Gasteiger partial charge in [0, 0.05) is 12.6 Å². The first-order valence-corrected chi connectivity index (χ1v) is 5.79. The zero-order valence-corrected chi connectivity index (χ0v) is 10.6. The highest BCUT2D eigenvalue weighted by Crippen LogP contribution is 2.12. The van der Waals surface area contributed by atoms with E-state index in [0.717, 1.165) is 12.4 Å². The summed E-state index contributed by atoms with van der Waals surface area (Å²) < 4.78 is 0. The summed E-state index contributed by atoms with van der Waals surface area (Å²) in [6, 6.07) is 10.1. The van der Waals surface area contributed by atoms with Crippen LogP contribution in [0.15, 0.2) is 30.3 Å². The molecule has 0 atom stereocenters. The number of nitrogens with zero attached hydrogens (tertiary/aromatic N) is 2. The zero-order valence-electron chi connectivity index (χ0n) is 10.6. The van der Waals surface area contributed by atoms with Crippen LogP contribution < -0.4 is 16.6 Å². The molecule has 0 aliphatic carbocycles. The Labute approximate surface area is 106 Å². The Bertz CT molecular complexity index is 539. The Morgan fingerprint density at radius 2 is 1.89 bits per heavy atom. The molecule has 2 rings (SSSR count). The van der Waals surface area contributed by atoms with Crippen molar-refractivity contribution >= 4 is 11.6 Å². The molecule has 5 nitrogen and oxygen atoms in total. The van der Waals surface area contributed by atoms with Gasteiger partial charge in [0.2, 0.25) is 0 Å². The van der Waals surface area contributed by atoms with Gasteiger partial charge < -0.3 is 10.7 Å². The lowest BCUT2D eigenvalue weighted by Crippen LogP contribution is -2.11.